The Morgan fingerprint density at radius 1 is 1.04 bits per heavy atom. The minimum atomic E-state index is -4.08. The Morgan fingerprint density at radius 3 is 2.36 bits per heavy atom. The average Bonchev–Trinajstić information content (AvgIpc) is 3.43. The monoisotopic (exact) mass is 645 g/mol. The molecule has 1 aliphatic rings. The zero-order chi connectivity index (χ0) is 32.7. The number of hydrogen-bond donors (Lipinski definition) is 3. The molecule has 1 heterocycles. The SMILES string of the molecule is CC[C@H](C)CN(C[C@@H](O)[C@H](Cc1ccccc1)NC(=O)[C@@H]1CN(c2ccc(F)c(F)c2)C(=O)O1)S(=O)(=O)c1ccc(CO)cc1. The third-order valence-corrected chi connectivity index (χ3v) is 9.60. The van der Waals surface area contributed by atoms with Crippen molar-refractivity contribution in [3.8, 4) is 0 Å². The predicted octanol–water partition coefficient (Wildman–Crippen LogP) is 3.61. The zero-order valence-corrected chi connectivity index (χ0v) is 25.8. The molecule has 0 aromatic heterocycles. The molecular formula is C32H37F2N3O7S. The number of aliphatic hydroxyl groups is 2. The van der Waals surface area contributed by atoms with E-state index in [9.17, 15) is 37.0 Å². The fourth-order valence-electron chi connectivity index (χ4n) is 4.89. The van der Waals surface area contributed by atoms with Gasteiger partial charge >= 0.3 is 6.09 Å². The first-order valence-corrected chi connectivity index (χ1v) is 16.0. The standard InChI is InChI=1S/C32H37F2N3O7S/c1-3-21(2)17-36(45(42,43)25-12-9-23(20-38)10-13-25)18-29(39)28(15-22-7-5-4-6-8-22)35-31(40)30-19-37(32(41)44-30)24-11-14-26(33)27(34)16-24/h4-14,16,21,28-30,38-39H,3,15,17-20H2,1-2H3,(H,35,40)/t21-,28-,29+,30-/m0/s1. The molecule has 0 aliphatic carbocycles. The summed E-state index contributed by atoms with van der Waals surface area (Å²) in [5, 5.41) is 23.6. The summed E-state index contributed by atoms with van der Waals surface area (Å²) in [4.78, 5) is 26.9. The molecule has 0 saturated carbocycles. The van der Waals surface area contributed by atoms with Gasteiger partial charge in [0.1, 0.15) is 0 Å². The third kappa shape index (κ3) is 8.42. The van der Waals surface area contributed by atoms with E-state index in [2.05, 4.69) is 5.32 Å². The van der Waals surface area contributed by atoms with E-state index in [1.807, 2.05) is 13.8 Å². The maximum Gasteiger partial charge on any atom is 0.415 e. The summed E-state index contributed by atoms with van der Waals surface area (Å²) in [6.45, 7) is 3.03. The molecule has 1 saturated heterocycles. The van der Waals surface area contributed by atoms with Gasteiger partial charge < -0.3 is 20.3 Å². The largest absolute Gasteiger partial charge is 0.434 e. The van der Waals surface area contributed by atoms with Crippen LogP contribution in [-0.4, -0.2) is 72.8 Å². The van der Waals surface area contributed by atoms with Crippen LogP contribution in [0.2, 0.25) is 0 Å². The normalized spacial score (nSPS) is 17.2. The number of benzene rings is 3. The summed E-state index contributed by atoms with van der Waals surface area (Å²) in [6.07, 6.45) is -2.84. The maximum atomic E-state index is 13.8. The van der Waals surface area contributed by atoms with Crippen molar-refractivity contribution >= 4 is 27.7 Å². The minimum absolute atomic E-state index is 0.00552. The smallest absolute Gasteiger partial charge is 0.415 e. The van der Waals surface area contributed by atoms with Crippen molar-refractivity contribution in [1.82, 2.24) is 9.62 Å². The van der Waals surface area contributed by atoms with Crippen molar-refractivity contribution in [2.45, 2.75) is 56.4 Å². The lowest BCUT2D eigenvalue weighted by molar-refractivity contribution is -0.129. The average molecular weight is 646 g/mol. The molecule has 0 spiro atoms. The van der Waals surface area contributed by atoms with Gasteiger partial charge in [-0.3, -0.25) is 9.69 Å². The molecular weight excluding hydrogens is 608 g/mol. The molecule has 2 amide bonds. The second kappa shape index (κ2) is 14.9. The minimum Gasteiger partial charge on any atom is -0.434 e. The van der Waals surface area contributed by atoms with Crippen molar-refractivity contribution < 1.29 is 41.7 Å². The molecule has 1 aliphatic heterocycles. The van der Waals surface area contributed by atoms with Crippen LogP contribution in [0.4, 0.5) is 19.3 Å². The van der Waals surface area contributed by atoms with Crippen LogP contribution in [0, 0.1) is 17.6 Å². The molecule has 0 radical (unpaired) electrons. The summed E-state index contributed by atoms with van der Waals surface area (Å²) < 4.78 is 61.1. The third-order valence-electron chi connectivity index (χ3n) is 7.76. The number of hydrogen-bond acceptors (Lipinski definition) is 7. The van der Waals surface area contributed by atoms with Crippen molar-refractivity contribution in [2.75, 3.05) is 24.5 Å². The van der Waals surface area contributed by atoms with Gasteiger partial charge in [0.25, 0.3) is 5.91 Å². The number of aliphatic hydroxyl groups excluding tert-OH is 2. The van der Waals surface area contributed by atoms with Crippen LogP contribution < -0.4 is 10.2 Å². The van der Waals surface area contributed by atoms with E-state index < -0.39 is 51.9 Å². The highest BCUT2D eigenvalue weighted by atomic mass is 32.2. The molecule has 45 heavy (non-hydrogen) atoms. The Bertz CT molecular complexity index is 1580. The number of amides is 2. The highest BCUT2D eigenvalue weighted by molar-refractivity contribution is 7.89. The number of halogens is 2. The fourth-order valence-corrected chi connectivity index (χ4v) is 6.47. The summed E-state index contributed by atoms with van der Waals surface area (Å²) in [6, 6.07) is 16.6. The first-order valence-electron chi connectivity index (χ1n) is 14.6. The quantitative estimate of drug-likeness (QED) is 0.244. The number of ether oxygens (including phenoxy) is 1. The maximum absolute atomic E-state index is 13.8. The molecule has 3 aromatic carbocycles. The highest BCUT2D eigenvalue weighted by Gasteiger charge is 2.39. The van der Waals surface area contributed by atoms with Crippen molar-refractivity contribution in [3.05, 3.63) is 95.6 Å². The van der Waals surface area contributed by atoms with Crippen LogP contribution in [0.15, 0.2) is 77.7 Å². The van der Waals surface area contributed by atoms with Crippen molar-refractivity contribution in [3.63, 3.8) is 0 Å². The van der Waals surface area contributed by atoms with Gasteiger partial charge in [-0.15, -0.1) is 0 Å². The molecule has 4 atom stereocenters. The van der Waals surface area contributed by atoms with E-state index in [0.717, 1.165) is 22.6 Å². The van der Waals surface area contributed by atoms with Crippen LogP contribution in [0.5, 0.6) is 0 Å². The first kappa shape index (κ1) is 34.0. The van der Waals surface area contributed by atoms with Gasteiger partial charge in [-0.1, -0.05) is 62.7 Å². The van der Waals surface area contributed by atoms with E-state index >= 15 is 0 Å². The fraction of sp³-hybridized carbons (Fsp3) is 0.375. The number of rotatable bonds is 14. The Labute approximate surface area is 261 Å². The summed E-state index contributed by atoms with van der Waals surface area (Å²) >= 11 is 0. The van der Waals surface area contributed by atoms with E-state index in [-0.39, 0.29) is 49.2 Å². The van der Waals surface area contributed by atoms with Crippen LogP contribution in [0.25, 0.3) is 0 Å². The molecule has 242 valence electrons. The predicted molar refractivity (Wildman–Crippen MR) is 163 cm³/mol. The van der Waals surface area contributed by atoms with Gasteiger partial charge in [0.15, 0.2) is 17.7 Å². The molecule has 1 fully saturated rings. The van der Waals surface area contributed by atoms with Gasteiger partial charge in [-0.05, 0) is 47.7 Å². The lowest BCUT2D eigenvalue weighted by Gasteiger charge is -2.31. The second-order valence-electron chi connectivity index (χ2n) is 11.1. The van der Waals surface area contributed by atoms with E-state index in [1.54, 1.807) is 30.3 Å². The lowest BCUT2D eigenvalue weighted by Crippen LogP contribution is -2.53. The van der Waals surface area contributed by atoms with Crippen LogP contribution in [0.1, 0.15) is 31.4 Å². The van der Waals surface area contributed by atoms with Gasteiger partial charge in [0, 0.05) is 19.2 Å². The first-order chi connectivity index (χ1) is 21.4. The number of sulfonamides is 1. The Kier molecular flexibility index (Phi) is 11.3. The summed E-state index contributed by atoms with van der Waals surface area (Å²) in [5.41, 5.74) is 1.31. The summed E-state index contributed by atoms with van der Waals surface area (Å²) in [7, 11) is -4.08. The number of anilines is 1. The number of carbonyl (C=O) groups excluding carboxylic acids is 2. The lowest BCUT2D eigenvalue weighted by atomic mass is 10.0. The summed E-state index contributed by atoms with van der Waals surface area (Å²) in [5.74, 6) is -3.05. The van der Waals surface area contributed by atoms with Crippen molar-refractivity contribution in [1.29, 1.82) is 0 Å². The number of cyclic esters (lactones) is 1. The molecule has 10 nitrogen and oxygen atoms in total. The van der Waals surface area contributed by atoms with Crippen LogP contribution in [0.3, 0.4) is 0 Å². The molecule has 4 rings (SSSR count). The van der Waals surface area contributed by atoms with E-state index in [1.165, 1.54) is 34.6 Å². The van der Waals surface area contributed by atoms with Gasteiger partial charge in [0.05, 0.1) is 35.9 Å². The van der Waals surface area contributed by atoms with Crippen LogP contribution in [-0.2, 0) is 32.6 Å². The Balaban J connectivity index is 1.56. The van der Waals surface area contributed by atoms with Gasteiger partial charge in [-0.2, -0.15) is 4.31 Å². The van der Waals surface area contributed by atoms with Crippen molar-refractivity contribution in [2.24, 2.45) is 5.92 Å². The number of nitrogens with zero attached hydrogens (tertiary/aromatic N) is 2. The van der Waals surface area contributed by atoms with Crippen LogP contribution >= 0.6 is 0 Å². The Morgan fingerprint density at radius 2 is 1.73 bits per heavy atom. The number of nitrogens with one attached hydrogen (secondary N) is 1. The second-order valence-corrected chi connectivity index (χ2v) is 13.0. The Hall–Kier alpha value is -3.91. The molecule has 0 bridgehead atoms. The van der Waals surface area contributed by atoms with E-state index in [0.29, 0.717) is 12.0 Å². The number of carbonyl (C=O) groups is 2. The molecule has 3 N–H and O–H groups in total. The topological polar surface area (TPSA) is 136 Å². The highest BCUT2D eigenvalue weighted by Crippen LogP contribution is 2.25. The zero-order valence-electron chi connectivity index (χ0n) is 25.0. The van der Waals surface area contributed by atoms with Gasteiger partial charge in [-0.25, -0.2) is 22.0 Å². The molecule has 3 aromatic rings. The molecule has 0 unspecified atom stereocenters. The van der Waals surface area contributed by atoms with E-state index in [4.69, 9.17) is 4.74 Å². The van der Waals surface area contributed by atoms with Gasteiger partial charge in [0.2, 0.25) is 10.0 Å². The molecule has 13 heteroatoms.